The van der Waals surface area contributed by atoms with Gasteiger partial charge in [0, 0.05) is 24.3 Å². The fraction of sp³-hybridized carbons (Fsp3) is 0.450. The molecule has 0 bridgehead atoms. The molecule has 0 atom stereocenters. The molecule has 1 aliphatic heterocycles. The van der Waals surface area contributed by atoms with E-state index in [0.717, 1.165) is 11.1 Å². The monoisotopic (exact) mass is 387 g/mol. The number of thioether (sulfide) groups is 1. The van der Waals surface area contributed by atoms with Crippen LogP contribution in [0.5, 0.6) is 0 Å². The number of amides is 1. The van der Waals surface area contributed by atoms with Gasteiger partial charge >= 0.3 is 0 Å². The highest BCUT2D eigenvalue weighted by Crippen LogP contribution is 2.33. The Morgan fingerprint density at radius 3 is 2.63 bits per heavy atom. The van der Waals surface area contributed by atoms with Gasteiger partial charge in [-0.2, -0.15) is 0 Å². The summed E-state index contributed by atoms with van der Waals surface area (Å²) in [6.45, 7) is 4.69. The molecule has 0 unspecified atom stereocenters. The Hall–Kier alpha value is -2.12. The van der Waals surface area contributed by atoms with Gasteiger partial charge in [0.1, 0.15) is 0 Å². The number of nitrogens with one attached hydrogen (secondary N) is 1. The molecule has 7 heteroatoms. The first-order chi connectivity index (χ1) is 12.8. The van der Waals surface area contributed by atoms with Crippen molar-refractivity contribution in [1.29, 1.82) is 0 Å². The second-order valence-electron chi connectivity index (χ2n) is 7.10. The minimum absolute atomic E-state index is 0.0334. The van der Waals surface area contributed by atoms with Crippen molar-refractivity contribution in [1.82, 2.24) is 14.9 Å². The zero-order chi connectivity index (χ0) is 19.6. The van der Waals surface area contributed by atoms with E-state index in [1.807, 2.05) is 37.4 Å². The lowest BCUT2D eigenvalue weighted by Crippen LogP contribution is -2.46. The van der Waals surface area contributed by atoms with Crippen molar-refractivity contribution in [3.05, 3.63) is 57.0 Å². The Labute approximate surface area is 163 Å². The highest BCUT2D eigenvalue weighted by molar-refractivity contribution is 7.98. The molecule has 0 aliphatic carbocycles. The number of H-pyrrole nitrogens is 1. The molecule has 2 heterocycles. The van der Waals surface area contributed by atoms with Crippen LogP contribution in [-0.2, 0) is 16.8 Å². The average molecular weight is 388 g/mol. The molecule has 1 aliphatic rings. The Morgan fingerprint density at radius 2 is 2.04 bits per heavy atom. The fourth-order valence-electron chi connectivity index (χ4n) is 3.50. The third kappa shape index (κ3) is 4.25. The molecule has 1 amide bonds. The molecular formula is C20H25N3O3S. The Kier molecular flexibility index (Phi) is 5.72. The predicted molar refractivity (Wildman–Crippen MR) is 106 cm³/mol. The molecular weight excluding hydrogens is 362 g/mol. The summed E-state index contributed by atoms with van der Waals surface area (Å²) in [5, 5.41) is 11.5. The normalized spacial score (nSPS) is 16.4. The van der Waals surface area contributed by atoms with Crippen LogP contribution in [0.15, 0.2) is 34.2 Å². The van der Waals surface area contributed by atoms with E-state index in [4.69, 9.17) is 0 Å². The minimum Gasteiger partial charge on any atom is -0.385 e. The summed E-state index contributed by atoms with van der Waals surface area (Å²) in [6, 6.07) is 7.88. The quantitative estimate of drug-likeness (QED) is 0.620. The van der Waals surface area contributed by atoms with E-state index in [0.29, 0.717) is 42.3 Å². The van der Waals surface area contributed by atoms with Crippen molar-refractivity contribution in [2.75, 3.05) is 19.3 Å². The first kappa shape index (κ1) is 19.6. The number of piperidine rings is 1. The first-order valence-corrected chi connectivity index (χ1v) is 10.3. The third-order valence-corrected chi connectivity index (χ3v) is 5.80. The summed E-state index contributed by atoms with van der Waals surface area (Å²) < 4.78 is 0. The molecule has 0 saturated carbocycles. The van der Waals surface area contributed by atoms with Gasteiger partial charge in [-0.25, -0.2) is 4.98 Å². The SMILES string of the molecule is CSc1nc(C)c(CC(=O)N2CCC(O)(c3cccc(C)c3)CC2)c(=O)[nH]1. The predicted octanol–water partition coefficient (Wildman–Crippen LogP) is 2.16. The Bertz CT molecular complexity index is 902. The molecule has 1 saturated heterocycles. The van der Waals surface area contributed by atoms with Crippen LogP contribution in [0.1, 0.15) is 35.2 Å². The van der Waals surface area contributed by atoms with Gasteiger partial charge in [-0.05, 0) is 38.5 Å². The maximum Gasteiger partial charge on any atom is 0.255 e. The number of aryl methyl sites for hydroxylation is 2. The number of hydrogen-bond acceptors (Lipinski definition) is 5. The van der Waals surface area contributed by atoms with Crippen molar-refractivity contribution >= 4 is 17.7 Å². The number of hydrogen-bond donors (Lipinski definition) is 2. The first-order valence-electron chi connectivity index (χ1n) is 9.03. The highest BCUT2D eigenvalue weighted by Gasteiger charge is 2.35. The van der Waals surface area contributed by atoms with Gasteiger partial charge in [0.05, 0.1) is 12.0 Å². The van der Waals surface area contributed by atoms with Crippen LogP contribution >= 0.6 is 11.8 Å². The van der Waals surface area contributed by atoms with E-state index in [1.54, 1.807) is 11.8 Å². The van der Waals surface area contributed by atoms with Crippen LogP contribution in [0.2, 0.25) is 0 Å². The van der Waals surface area contributed by atoms with Crippen LogP contribution in [0, 0.1) is 13.8 Å². The molecule has 1 aromatic carbocycles. The number of benzene rings is 1. The van der Waals surface area contributed by atoms with Gasteiger partial charge in [-0.1, -0.05) is 41.6 Å². The van der Waals surface area contributed by atoms with Crippen molar-refractivity contribution in [2.45, 2.75) is 43.9 Å². The highest BCUT2D eigenvalue weighted by atomic mass is 32.2. The van der Waals surface area contributed by atoms with Crippen LogP contribution in [-0.4, -0.2) is 45.2 Å². The lowest BCUT2D eigenvalue weighted by Gasteiger charge is -2.38. The molecule has 2 aromatic rings. The van der Waals surface area contributed by atoms with Gasteiger partial charge in [0.15, 0.2) is 5.16 Å². The molecule has 0 radical (unpaired) electrons. The maximum absolute atomic E-state index is 12.7. The van der Waals surface area contributed by atoms with Crippen LogP contribution in [0.25, 0.3) is 0 Å². The molecule has 0 spiro atoms. The molecule has 1 aromatic heterocycles. The number of rotatable bonds is 4. The Morgan fingerprint density at radius 1 is 1.33 bits per heavy atom. The summed E-state index contributed by atoms with van der Waals surface area (Å²) >= 11 is 1.36. The number of carbonyl (C=O) groups excluding carboxylic acids is 1. The van der Waals surface area contributed by atoms with Crippen molar-refractivity contribution in [3.8, 4) is 0 Å². The van der Waals surface area contributed by atoms with Crippen LogP contribution < -0.4 is 5.56 Å². The van der Waals surface area contributed by atoms with Crippen molar-refractivity contribution in [3.63, 3.8) is 0 Å². The van der Waals surface area contributed by atoms with Gasteiger partial charge in [-0.3, -0.25) is 9.59 Å². The van der Waals surface area contributed by atoms with Gasteiger partial charge in [0.2, 0.25) is 5.91 Å². The largest absolute Gasteiger partial charge is 0.385 e. The Balaban J connectivity index is 1.68. The lowest BCUT2D eigenvalue weighted by atomic mass is 9.84. The average Bonchev–Trinajstić information content (AvgIpc) is 2.65. The van der Waals surface area contributed by atoms with E-state index < -0.39 is 5.60 Å². The van der Waals surface area contributed by atoms with Gasteiger partial charge in [-0.15, -0.1) is 0 Å². The van der Waals surface area contributed by atoms with Crippen molar-refractivity contribution < 1.29 is 9.90 Å². The summed E-state index contributed by atoms with van der Waals surface area (Å²) in [5.74, 6) is -0.103. The number of carbonyl (C=O) groups is 1. The summed E-state index contributed by atoms with van der Waals surface area (Å²) in [5.41, 5.74) is 1.85. The van der Waals surface area contributed by atoms with Crippen molar-refractivity contribution in [2.24, 2.45) is 0 Å². The molecule has 6 nitrogen and oxygen atoms in total. The number of nitrogens with zero attached hydrogens (tertiary/aromatic N) is 2. The maximum atomic E-state index is 12.7. The van der Waals surface area contributed by atoms with Gasteiger partial charge in [0.25, 0.3) is 5.56 Å². The van der Waals surface area contributed by atoms with E-state index in [-0.39, 0.29) is 17.9 Å². The molecule has 3 rings (SSSR count). The second kappa shape index (κ2) is 7.86. The fourth-order valence-corrected chi connectivity index (χ4v) is 3.92. The van der Waals surface area contributed by atoms with Crippen LogP contribution in [0.3, 0.4) is 0 Å². The van der Waals surface area contributed by atoms with E-state index in [1.165, 1.54) is 11.8 Å². The van der Waals surface area contributed by atoms with Crippen LogP contribution in [0.4, 0.5) is 0 Å². The zero-order valence-electron chi connectivity index (χ0n) is 15.9. The molecule has 144 valence electrons. The van der Waals surface area contributed by atoms with E-state index in [2.05, 4.69) is 9.97 Å². The summed E-state index contributed by atoms with van der Waals surface area (Å²) in [7, 11) is 0. The topological polar surface area (TPSA) is 86.3 Å². The van der Waals surface area contributed by atoms with Gasteiger partial charge < -0.3 is 15.0 Å². The number of likely N-dealkylation sites (tertiary alicyclic amines) is 1. The molecule has 27 heavy (non-hydrogen) atoms. The smallest absolute Gasteiger partial charge is 0.255 e. The standard InChI is InChI=1S/C20H25N3O3S/c1-13-5-4-6-15(11-13)20(26)7-9-23(10-8-20)17(24)12-16-14(2)21-19(27-3)22-18(16)25/h4-6,11,26H,7-10,12H2,1-3H3,(H,21,22,25). The number of aromatic amines is 1. The summed E-state index contributed by atoms with van der Waals surface area (Å²) in [6.07, 6.45) is 2.85. The third-order valence-electron chi connectivity index (χ3n) is 5.22. The second-order valence-corrected chi connectivity index (χ2v) is 7.89. The van der Waals surface area contributed by atoms with E-state index >= 15 is 0 Å². The van der Waals surface area contributed by atoms with E-state index in [9.17, 15) is 14.7 Å². The summed E-state index contributed by atoms with van der Waals surface area (Å²) in [4.78, 5) is 33.7. The zero-order valence-corrected chi connectivity index (χ0v) is 16.7. The molecule has 1 fully saturated rings. The number of aliphatic hydroxyl groups is 1. The minimum atomic E-state index is -0.905. The molecule has 2 N–H and O–H groups in total. The number of aromatic nitrogens is 2. The lowest BCUT2D eigenvalue weighted by molar-refractivity contribution is -0.135.